The molecule has 0 radical (unpaired) electrons. The highest BCUT2D eigenvalue weighted by Crippen LogP contribution is 2.30. The average Bonchev–Trinajstić information content (AvgIpc) is 2.85. The van der Waals surface area contributed by atoms with Gasteiger partial charge in [0.2, 0.25) is 0 Å². The van der Waals surface area contributed by atoms with E-state index in [1.54, 1.807) is 17.1 Å². The number of benzene rings is 2. The van der Waals surface area contributed by atoms with Gasteiger partial charge in [0, 0.05) is 23.2 Å². The van der Waals surface area contributed by atoms with Crippen LogP contribution in [0.15, 0.2) is 59.9 Å². The number of nitrogens with zero attached hydrogens (tertiary/aromatic N) is 3. The standard InChI is InChI=1S/C27H29N3O3/c1-2-24(31)18-9-7-17(8-10-18)13-19-14-21-26(20-11-12-28-15-22(19)20)29-16-30(27(21)33)23-5-3-4-6-25(23)32/h7-12,14-16,23-25,31-32H,2-6,13H2,1H3/t23?,24-,25-/m0/s1. The molecular formula is C27H29N3O3. The Hall–Kier alpha value is -3.09. The smallest absolute Gasteiger partial charge is 0.261 e. The molecule has 1 aliphatic rings. The van der Waals surface area contributed by atoms with Crippen LogP contribution in [0, 0.1) is 0 Å². The van der Waals surface area contributed by atoms with Crippen molar-refractivity contribution in [3.8, 4) is 0 Å². The molecule has 2 N–H and O–H groups in total. The molecule has 2 aromatic heterocycles. The summed E-state index contributed by atoms with van der Waals surface area (Å²) in [7, 11) is 0. The van der Waals surface area contributed by atoms with Gasteiger partial charge in [-0.25, -0.2) is 4.98 Å². The third-order valence-electron chi connectivity index (χ3n) is 6.97. The Morgan fingerprint density at radius 1 is 1.09 bits per heavy atom. The van der Waals surface area contributed by atoms with Crippen molar-refractivity contribution in [2.24, 2.45) is 0 Å². The first-order valence-corrected chi connectivity index (χ1v) is 11.8. The Morgan fingerprint density at radius 3 is 2.64 bits per heavy atom. The lowest BCUT2D eigenvalue weighted by atomic mass is 9.92. The SMILES string of the molecule is CC[C@H](O)c1ccc(Cc2cc3c(=O)n(C4CCCC[C@@H]4O)cnc3c3ccncc23)cc1. The maximum atomic E-state index is 13.5. The number of aliphatic hydroxyl groups excluding tert-OH is 2. The van der Waals surface area contributed by atoms with Gasteiger partial charge in [0.25, 0.3) is 5.56 Å². The fraction of sp³-hybridized carbons (Fsp3) is 0.370. The number of rotatable bonds is 5. The van der Waals surface area contributed by atoms with Crippen molar-refractivity contribution in [2.45, 2.75) is 63.7 Å². The first-order valence-electron chi connectivity index (χ1n) is 11.8. The van der Waals surface area contributed by atoms with Crippen molar-refractivity contribution < 1.29 is 10.2 Å². The van der Waals surface area contributed by atoms with Crippen molar-refractivity contribution in [2.75, 3.05) is 0 Å². The van der Waals surface area contributed by atoms with E-state index in [2.05, 4.69) is 9.97 Å². The number of pyridine rings is 1. The highest BCUT2D eigenvalue weighted by atomic mass is 16.3. The van der Waals surface area contributed by atoms with Gasteiger partial charge in [-0.3, -0.25) is 14.3 Å². The summed E-state index contributed by atoms with van der Waals surface area (Å²) in [6, 6.07) is 11.6. The normalized spacial score (nSPS) is 19.7. The zero-order valence-corrected chi connectivity index (χ0v) is 18.8. The molecule has 2 aromatic carbocycles. The van der Waals surface area contributed by atoms with E-state index < -0.39 is 12.2 Å². The van der Waals surface area contributed by atoms with E-state index in [1.807, 2.05) is 49.5 Å². The largest absolute Gasteiger partial charge is 0.391 e. The van der Waals surface area contributed by atoms with E-state index in [0.717, 1.165) is 46.7 Å². The lowest BCUT2D eigenvalue weighted by Crippen LogP contribution is -2.34. The second-order valence-corrected chi connectivity index (χ2v) is 9.07. The van der Waals surface area contributed by atoms with Gasteiger partial charge in [-0.15, -0.1) is 0 Å². The molecule has 6 heteroatoms. The molecule has 4 aromatic rings. The van der Waals surface area contributed by atoms with Gasteiger partial charge in [0.15, 0.2) is 0 Å². The molecule has 0 saturated heterocycles. The van der Waals surface area contributed by atoms with Gasteiger partial charge in [0.1, 0.15) is 0 Å². The first kappa shape index (κ1) is 21.7. The van der Waals surface area contributed by atoms with Gasteiger partial charge in [0.05, 0.1) is 35.5 Å². The summed E-state index contributed by atoms with van der Waals surface area (Å²) in [5.41, 5.74) is 3.58. The van der Waals surface area contributed by atoms with Gasteiger partial charge in [-0.05, 0) is 54.5 Å². The first-order chi connectivity index (χ1) is 16.1. The Bertz CT molecular complexity index is 1350. The minimum atomic E-state index is -0.517. The molecule has 0 spiro atoms. The number of hydrogen-bond acceptors (Lipinski definition) is 5. The molecule has 170 valence electrons. The van der Waals surface area contributed by atoms with Crippen molar-refractivity contribution in [1.29, 1.82) is 0 Å². The van der Waals surface area contributed by atoms with E-state index >= 15 is 0 Å². The maximum absolute atomic E-state index is 13.5. The summed E-state index contributed by atoms with van der Waals surface area (Å²) in [6.07, 6.45) is 8.99. The highest BCUT2D eigenvalue weighted by molar-refractivity contribution is 6.06. The van der Waals surface area contributed by atoms with Crippen LogP contribution in [0.5, 0.6) is 0 Å². The molecule has 1 saturated carbocycles. The molecule has 2 heterocycles. The summed E-state index contributed by atoms with van der Waals surface area (Å²) in [4.78, 5) is 22.5. The molecule has 1 unspecified atom stereocenters. The van der Waals surface area contributed by atoms with Gasteiger partial charge in [-0.2, -0.15) is 0 Å². The Kier molecular flexibility index (Phi) is 5.96. The molecule has 0 amide bonds. The fourth-order valence-corrected chi connectivity index (χ4v) is 5.05. The van der Waals surface area contributed by atoms with Gasteiger partial charge >= 0.3 is 0 Å². The minimum Gasteiger partial charge on any atom is -0.391 e. The maximum Gasteiger partial charge on any atom is 0.261 e. The third kappa shape index (κ3) is 4.05. The molecule has 0 bridgehead atoms. The zero-order valence-electron chi connectivity index (χ0n) is 18.8. The number of hydrogen-bond donors (Lipinski definition) is 2. The molecule has 5 rings (SSSR count). The highest BCUT2D eigenvalue weighted by Gasteiger charge is 2.26. The average molecular weight is 444 g/mol. The second-order valence-electron chi connectivity index (χ2n) is 9.07. The predicted octanol–water partition coefficient (Wildman–Crippen LogP) is 4.45. The zero-order chi connectivity index (χ0) is 22.9. The molecule has 33 heavy (non-hydrogen) atoms. The van der Waals surface area contributed by atoms with Crippen molar-refractivity contribution >= 4 is 21.7 Å². The number of aromatic nitrogens is 3. The monoisotopic (exact) mass is 443 g/mol. The Morgan fingerprint density at radius 2 is 1.88 bits per heavy atom. The van der Waals surface area contributed by atoms with E-state index in [9.17, 15) is 15.0 Å². The number of aliphatic hydroxyl groups is 2. The summed E-state index contributed by atoms with van der Waals surface area (Å²) < 4.78 is 1.63. The topological polar surface area (TPSA) is 88.2 Å². The predicted molar refractivity (Wildman–Crippen MR) is 129 cm³/mol. The molecular weight excluding hydrogens is 414 g/mol. The summed E-state index contributed by atoms with van der Waals surface area (Å²) in [6.45, 7) is 1.96. The second kappa shape index (κ2) is 9.04. The van der Waals surface area contributed by atoms with Crippen LogP contribution >= 0.6 is 0 Å². The Labute approximate surface area is 192 Å². The Balaban J connectivity index is 1.61. The van der Waals surface area contributed by atoms with Gasteiger partial charge in [-0.1, -0.05) is 44.0 Å². The van der Waals surface area contributed by atoms with E-state index in [1.165, 1.54) is 0 Å². The molecule has 0 aliphatic heterocycles. The van der Waals surface area contributed by atoms with Crippen LogP contribution in [0.25, 0.3) is 21.7 Å². The van der Waals surface area contributed by atoms with Crippen LogP contribution in [0.4, 0.5) is 0 Å². The van der Waals surface area contributed by atoms with Crippen LogP contribution in [-0.2, 0) is 6.42 Å². The van der Waals surface area contributed by atoms with Crippen molar-refractivity contribution in [3.63, 3.8) is 0 Å². The van der Waals surface area contributed by atoms with Gasteiger partial charge < -0.3 is 10.2 Å². The quantitative estimate of drug-likeness (QED) is 0.445. The van der Waals surface area contributed by atoms with Crippen LogP contribution in [0.1, 0.15) is 67.9 Å². The lowest BCUT2D eigenvalue weighted by Gasteiger charge is -2.29. The molecule has 6 nitrogen and oxygen atoms in total. The summed E-state index contributed by atoms with van der Waals surface area (Å²) in [5, 5.41) is 23.0. The van der Waals surface area contributed by atoms with Crippen molar-refractivity contribution in [1.82, 2.24) is 14.5 Å². The molecule has 3 atom stereocenters. The third-order valence-corrected chi connectivity index (χ3v) is 6.97. The van der Waals surface area contributed by atoms with E-state index in [0.29, 0.717) is 30.2 Å². The van der Waals surface area contributed by atoms with E-state index in [4.69, 9.17) is 0 Å². The summed E-state index contributed by atoms with van der Waals surface area (Å²) >= 11 is 0. The van der Waals surface area contributed by atoms with Crippen molar-refractivity contribution in [3.05, 3.63) is 82.2 Å². The summed E-state index contributed by atoms with van der Waals surface area (Å²) in [5.74, 6) is 0. The van der Waals surface area contributed by atoms with Crippen LogP contribution in [0.2, 0.25) is 0 Å². The molecule has 1 aliphatic carbocycles. The van der Waals surface area contributed by atoms with Crippen LogP contribution in [-0.4, -0.2) is 30.9 Å². The van der Waals surface area contributed by atoms with E-state index in [-0.39, 0.29) is 11.6 Å². The minimum absolute atomic E-state index is 0.104. The number of fused-ring (bicyclic) bond motifs is 3. The fourth-order valence-electron chi connectivity index (χ4n) is 5.05. The molecule has 1 fully saturated rings. The van der Waals surface area contributed by atoms with Crippen LogP contribution in [0.3, 0.4) is 0 Å². The lowest BCUT2D eigenvalue weighted by molar-refractivity contribution is 0.0735. The van der Waals surface area contributed by atoms with Crippen LogP contribution < -0.4 is 5.56 Å².